The van der Waals surface area contributed by atoms with Crippen LogP contribution >= 0.6 is 0 Å². The minimum Gasteiger partial charge on any atom is -0.507 e. The molecule has 0 aliphatic heterocycles. The summed E-state index contributed by atoms with van der Waals surface area (Å²) in [7, 11) is 0. The van der Waals surface area contributed by atoms with Crippen LogP contribution in [0.2, 0.25) is 0 Å². The van der Waals surface area contributed by atoms with Crippen molar-refractivity contribution in [1.82, 2.24) is 5.32 Å². The number of hydrogen-bond acceptors (Lipinski definition) is 3. The molecule has 0 spiro atoms. The topological polar surface area (TPSA) is 73.1 Å². The van der Waals surface area contributed by atoms with Crippen molar-refractivity contribution in [2.75, 3.05) is 0 Å². The number of hydrogen-bond donors (Lipinski definition) is 2. The van der Waals surface area contributed by atoms with E-state index in [-0.39, 0.29) is 28.2 Å². The first-order valence-electron chi connectivity index (χ1n) is 10.2. The first-order valence-corrected chi connectivity index (χ1v) is 10.2. The SMILES string of the molecule is C[C@@H](NC(=O)/C(C#N)=C/c1cc(C(C)(C)C)c(O)c(C(C)(C)C)c1)c1ccccc1. The lowest BCUT2D eigenvalue weighted by Gasteiger charge is -2.28. The van der Waals surface area contributed by atoms with Crippen LogP contribution in [0.3, 0.4) is 0 Å². The van der Waals surface area contributed by atoms with Gasteiger partial charge in [-0.1, -0.05) is 71.9 Å². The van der Waals surface area contributed by atoms with E-state index in [4.69, 9.17) is 0 Å². The number of carbonyl (C=O) groups excluding carboxylic acids is 1. The fraction of sp³-hybridized carbons (Fsp3) is 0.385. The van der Waals surface area contributed by atoms with E-state index in [0.29, 0.717) is 0 Å². The highest BCUT2D eigenvalue weighted by Crippen LogP contribution is 2.40. The summed E-state index contributed by atoms with van der Waals surface area (Å²) in [4.78, 5) is 12.7. The largest absolute Gasteiger partial charge is 0.507 e. The second kappa shape index (κ2) is 8.75. The Morgan fingerprint density at radius 1 is 1.03 bits per heavy atom. The second-order valence-corrected chi connectivity index (χ2v) is 9.74. The second-order valence-electron chi connectivity index (χ2n) is 9.74. The third-order valence-electron chi connectivity index (χ3n) is 5.07. The number of phenolic OH excluding ortho intramolecular Hbond substituents is 1. The molecular formula is C26H32N2O2. The number of benzene rings is 2. The summed E-state index contributed by atoms with van der Waals surface area (Å²) >= 11 is 0. The molecule has 0 aromatic heterocycles. The number of rotatable bonds is 4. The van der Waals surface area contributed by atoms with Crippen molar-refractivity contribution in [2.45, 2.75) is 65.3 Å². The van der Waals surface area contributed by atoms with Gasteiger partial charge in [0.2, 0.25) is 0 Å². The first-order chi connectivity index (χ1) is 13.8. The number of carbonyl (C=O) groups is 1. The monoisotopic (exact) mass is 404 g/mol. The number of nitriles is 1. The van der Waals surface area contributed by atoms with E-state index in [2.05, 4.69) is 5.32 Å². The molecule has 1 atom stereocenters. The molecule has 0 radical (unpaired) electrons. The van der Waals surface area contributed by atoms with Gasteiger partial charge in [-0.3, -0.25) is 4.79 Å². The molecule has 30 heavy (non-hydrogen) atoms. The molecule has 2 N–H and O–H groups in total. The van der Waals surface area contributed by atoms with Crippen molar-refractivity contribution < 1.29 is 9.90 Å². The molecule has 0 saturated carbocycles. The summed E-state index contributed by atoms with van der Waals surface area (Å²) in [5.41, 5.74) is 2.73. The average molecular weight is 405 g/mol. The molecule has 4 nitrogen and oxygen atoms in total. The smallest absolute Gasteiger partial charge is 0.262 e. The normalized spacial score (nSPS) is 13.5. The molecule has 2 aromatic rings. The van der Waals surface area contributed by atoms with Gasteiger partial charge in [-0.05, 0) is 47.1 Å². The van der Waals surface area contributed by atoms with Gasteiger partial charge in [0.05, 0.1) is 6.04 Å². The van der Waals surface area contributed by atoms with Crippen LogP contribution in [0.25, 0.3) is 6.08 Å². The van der Waals surface area contributed by atoms with Gasteiger partial charge >= 0.3 is 0 Å². The molecular weight excluding hydrogens is 372 g/mol. The van der Waals surface area contributed by atoms with Gasteiger partial charge in [-0.2, -0.15) is 5.26 Å². The third-order valence-corrected chi connectivity index (χ3v) is 5.07. The van der Waals surface area contributed by atoms with Crippen molar-refractivity contribution >= 4 is 12.0 Å². The van der Waals surface area contributed by atoms with Crippen LogP contribution < -0.4 is 5.32 Å². The van der Waals surface area contributed by atoms with Crippen LogP contribution in [0.5, 0.6) is 5.75 Å². The molecule has 0 unspecified atom stereocenters. The summed E-state index contributed by atoms with van der Waals surface area (Å²) in [6.45, 7) is 14.1. The van der Waals surface area contributed by atoms with Gasteiger partial charge in [0.1, 0.15) is 17.4 Å². The molecule has 0 aliphatic carbocycles. The van der Waals surface area contributed by atoms with Crippen molar-refractivity contribution in [2.24, 2.45) is 0 Å². The van der Waals surface area contributed by atoms with Crippen molar-refractivity contribution in [3.8, 4) is 11.8 Å². The van der Waals surface area contributed by atoms with Gasteiger partial charge in [-0.15, -0.1) is 0 Å². The first kappa shape index (κ1) is 23.2. The molecule has 0 heterocycles. The lowest BCUT2D eigenvalue weighted by atomic mass is 9.78. The summed E-state index contributed by atoms with van der Waals surface area (Å²) in [5, 5.41) is 23.4. The Hall–Kier alpha value is -3.06. The predicted molar refractivity (Wildman–Crippen MR) is 122 cm³/mol. The van der Waals surface area contributed by atoms with E-state index in [0.717, 1.165) is 22.3 Å². The van der Waals surface area contributed by atoms with E-state index < -0.39 is 5.91 Å². The Labute approximate surface area is 180 Å². The molecule has 1 amide bonds. The van der Waals surface area contributed by atoms with Crippen LogP contribution in [0.15, 0.2) is 48.0 Å². The van der Waals surface area contributed by atoms with Crippen LogP contribution in [0.4, 0.5) is 0 Å². The van der Waals surface area contributed by atoms with Gasteiger partial charge in [0.25, 0.3) is 5.91 Å². The molecule has 2 aromatic carbocycles. The zero-order valence-electron chi connectivity index (χ0n) is 19.0. The highest BCUT2D eigenvalue weighted by molar-refractivity contribution is 6.02. The number of nitrogens with zero attached hydrogens (tertiary/aromatic N) is 1. The van der Waals surface area contributed by atoms with Crippen LogP contribution in [0.1, 0.15) is 76.8 Å². The molecule has 4 heteroatoms. The van der Waals surface area contributed by atoms with Crippen LogP contribution in [0, 0.1) is 11.3 Å². The number of aromatic hydroxyl groups is 1. The van der Waals surface area contributed by atoms with Crippen molar-refractivity contribution in [1.29, 1.82) is 5.26 Å². The average Bonchev–Trinajstić information content (AvgIpc) is 2.65. The number of amides is 1. The van der Waals surface area contributed by atoms with E-state index in [1.54, 1.807) is 6.08 Å². The molecule has 158 valence electrons. The van der Waals surface area contributed by atoms with Gasteiger partial charge < -0.3 is 10.4 Å². The Morgan fingerprint density at radius 2 is 1.53 bits per heavy atom. The Bertz CT molecular complexity index is 949. The molecule has 0 aliphatic rings. The minimum atomic E-state index is -0.420. The predicted octanol–water partition coefficient (Wildman–Crippen LogP) is 5.77. The molecule has 0 bridgehead atoms. The Morgan fingerprint density at radius 3 is 1.97 bits per heavy atom. The Balaban J connectivity index is 2.46. The number of phenols is 1. The Kier molecular flexibility index (Phi) is 6.77. The standard InChI is InChI=1S/C26H32N2O2/c1-17(19-11-9-8-10-12-19)28-24(30)20(16-27)13-18-14-21(25(2,3)4)23(29)22(15-18)26(5,6)7/h8-15,17,29H,1-7H3,(H,28,30)/b20-13+/t17-/m1/s1. The van der Waals surface area contributed by atoms with Crippen LogP contribution in [-0.4, -0.2) is 11.0 Å². The van der Waals surface area contributed by atoms with Gasteiger partial charge in [0, 0.05) is 11.1 Å². The fourth-order valence-corrected chi connectivity index (χ4v) is 3.30. The quantitative estimate of drug-likeness (QED) is 0.502. The zero-order valence-corrected chi connectivity index (χ0v) is 19.0. The van der Waals surface area contributed by atoms with E-state index in [1.165, 1.54) is 0 Å². The zero-order chi connectivity index (χ0) is 22.7. The maximum absolute atomic E-state index is 12.7. The maximum Gasteiger partial charge on any atom is 0.262 e. The van der Waals surface area contributed by atoms with Gasteiger partial charge in [0.15, 0.2) is 0 Å². The fourth-order valence-electron chi connectivity index (χ4n) is 3.30. The highest BCUT2D eigenvalue weighted by atomic mass is 16.3. The lowest BCUT2D eigenvalue weighted by molar-refractivity contribution is -0.117. The van der Waals surface area contributed by atoms with Gasteiger partial charge in [-0.25, -0.2) is 0 Å². The summed E-state index contributed by atoms with van der Waals surface area (Å²) in [6.07, 6.45) is 1.59. The van der Waals surface area contributed by atoms with Crippen molar-refractivity contribution in [3.63, 3.8) is 0 Å². The highest BCUT2D eigenvalue weighted by Gasteiger charge is 2.26. The number of nitrogens with one attached hydrogen (secondary N) is 1. The van der Waals surface area contributed by atoms with Crippen LogP contribution in [-0.2, 0) is 15.6 Å². The summed E-state index contributed by atoms with van der Waals surface area (Å²) in [6, 6.07) is 15.1. The van der Waals surface area contributed by atoms with E-state index in [1.807, 2.05) is 97.0 Å². The van der Waals surface area contributed by atoms with E-state index >= 15 is 0 Å². The van der Waals surface area contributed by atoms with E-state index in [9.17, 15) is 15.2 Å². The third kappa shape index (κ3) is 5.51. The summed E-state index contributed by atoms with van der Waals surface area (Å²) in [5.74, 6) is -0.149. The molecule has 0 saturated heterocycles. The van der Waals surface area contributed by atoms with Crippen molar-refractivity contribution in [3.05, 3.63) is 70.3 Å². The minimum absolute atomic E-state index is 0.0307. The molecule has 2 rings (SSSR count). The maximum atomic E-state index is 12.7. The summed E-state index contributed by atoms with van der Waals surface area (Å²) < 4.78 is 0. The molecule has 0 fully saturated rings. The lowest BCUT2D eigenvalue weighted by Crippen LogP contribution is -2.27.